The minimum atomic E-state index is 0.238. The molecule has 5 nitrogen and oxygen atoms in total. The molecule has 0 spiro atoms. The summed E-state index contributed by atoms with van der Waals surface area (Å²) in [7, 11) is 1.71. The molecule has 2 aliphatic heterocycles. The monoisotopic (exact) mass is 327 g/mol. The molecule has 0 amide bonds. The van der Waals surface area contributed by atoms with Crippen molar-refractivity contribution in [2.75, 3.05) is 13.9 Å². The molecule has 24 heavy (non-hydrogen) atoms. The van der Waals surface area contributed by atoms with Crippen LogP contribution in [0.1, 0.15) is 23.6 Å². The molecule has 0 saturated heterocycles. The average molecular weight is 327 g/mol. The van der Waals surface area contributed by atoms with Gasteiger partial charge in [0.25, 0.3) is 0 Å². The van der Waals surface area contributed by atoms with E-state index < -0.39 is 0 Å². The smallest absolute Gasteiger partial charge is 0.231 e. The second-order valence-corrected chi connectivity index (χ2v) is 6.20. The van der Waals surface area contributed by atoms with Crippen molar-refractivity contribution < 1.29 is 18.9 Å². The first-order chi connectivity index (χ1) is 11.7. The number of methoxy groups -OCH3 is 1. The van der Waals surface area contributed by atoms with Gasteiger partial charge < -0.3 is 24.3 Å². The second kappa shape index (κ2) is 6.24. The largest absolute Gasteiger partial charge is 0.496 e. The summed E-state index contributed by atoms with van der Waals surface area (Å²) in [5.41, 5.74) is 3.48. The minimum Gasteiger partial charge on any atom is -0.496 e. The fraction of sp³-hybridized carbons (Fsp3) is 0.368. The molecule has 0 saturated carbocycles. The van der Waals surface area contributed by atoms with Gasteiger partial charge in [0.05, 0.1) is 7.11 Å². The van der Waals surface area contributed by atoms with Crippen LogP contribution in [0.2, 0.25) is 0 Å². The molecule has 2 aromatic carbocycles. The lowest BCUT2D eigenvalue weighted by Gasteiger charge is -2.12. The Balaban J connectivity index is 1.43. The van der Waals surface area contributed by atoms with Gasteiger partial charge in [-0.15, -0.1) is 0 Å². The fourth-order valence-corrected chi connectivity index (χ4v) is 3.20. The van der Waals surface area contributed by atoms with Gasteiger partial charge in [0.2, 0.25) is 6.79 Å². The summed E-state index contributed by atoms with van der Waals surface area (Å²) in [5.74, 6) is 3.50. The van der Waals surface area contributed by atoms with Crippen LogP contribution < -0.4 is 24.3 Å². The van der Waals surface area contributed by atoms with E-state index in [1.165, 1.54) is 5.56 Å². The molecule has 5 heteroatoms. The van der Waals surface area contributed by atoms with Crippen LogP contribution in [0.5, 0.6) is 23.0 Å². The topological polar surface area (TPSA) is 49.0 Å². The Kier molecular flexibility index (Phi) is 3.94. The van der Waals surface area contributed by atoms with Gasteiger partial charge in [0.1, 0.15) is 17.6 Å². The first kappa shape index (κ1) is 15.1. The number of ether oxygens (including phenoxy) is 4. The summed E-state index contributed by atoms with van der Waals surface area (Å²) in [6.07, 6.45) is 1.18. The predicted octanol–water partition coefficient (Wildman–Crippen LogP) is 3.04. The predicted molar refractivity (Wildman–Crippen MR) is 89.9 cm³/mol. The highest BCUT2D eigenvalue weighted by Crippen LogP contribution is 2.35. The van der Waals surface area contributed by atoms with E-state index in [1.807, 2.05) is 18.2 Å². The number of hydrogen-bond acceptors (Lipinski definition) is 5. The summed E-state index contributed by atoms with van der Waals surface area (Å²) in [6.45, 7) is 3.85. The third kappa shape index (κ3) is 2.87. The van der Waals surface area contributed by atoms with Gasteiger partial charge in [0.15, 0.2) is 11.5 Å². The van der Waals surface area contributed by atoms with Crippen molar-refractivity contribution in [2.24, 2.45) is 0 Å². The van der Waals surface area contributed by atoms with Gasteiger partial charge in [0, 0.05) is 30.6 Å². The molecule has 126 valence electrons. The quantitative estimate of drug-likeness (QED) is 0.915. The number of rotatable bonds is 5. The van der Waals surface area contributed by atoms with Gasteiger partial charge in [-0.25, -0.2) is 0 Å². The van der Waals surface area contributed by atoms with Crippen molar-refractivity contribution in [2.45, 2.75) is 32.5 Å². The lowest BCUT2D eigenvalue weighted by atomic mass is 10.1. The molecule has 2 aromatic rings. The normalized spacial score (nSPS) is 17.5. The standard InChI is InChI=1S/C19H21NO4/c1-12-5-14-7-17(21-2)15(8-18(14)24-12)10-20-9-13-3-4-16-19(6-13)23-11-22-16/h3-4,6-8,12,20H,5,9-11H2,1-2H3. The molecule has 1 unspecified atom stereocenters. The zero-order valence-corrected chi connectivity index (χ0v) is 13.9. The van der Waals surface area contributed by atoms with E-state index in [2.05, 4.69) is 24.4 Å². The summed E-state index contributed by atoms with van der Waals surface area (Å²) in [6, 6.07) is 10.2. The van der Waals surface area contributed by atoms with Crippen molar-refractivity contribution >= 4 is 0 Å². The average Bonchev–Trinajstić information content (AvgIpc) is 3.18. The van der Waals surface area contributed by atoms with E-state index in [9.17, 15) is 0 Å². The number of nitrogens with one attached hydrogen (secondary N) is 1. The first-order valence-corrected chi connectivity index (χ1v) is 8.18. The number of hydrogen-bond donors (Lipinski definition) is 1. The van der Waals surface area contributed by atoms with Crippen LogP contribution in [0.15, 0.2) is 30.3 Å². The van der Waals surface area contributed by atoms with Crippen LogP contribution in [0, 0.1) is 0 Å². The number of benzene rings is 2. The van der Waals surface area contributed by atoms with Crippen LogP contribution >= 0.6 is 0 Å². The van der Waals surface area contributed by atoms with Crippen molar-refractivity contribution in [1.82, 2.24) is 5.32 Å². The van der Waals surface area contributed by atoms with Crippen LogP contribution in [0.3, 0.4) is 0 Å². The van der Waals surface area contributed by atoms with Gasteiger partial charge in [-0.1, -0.05) is 6.07 Å². The van der Waals surface area contributed by atoms with Crippen LogP contribution in [-0.2, 0) is 19.5 Å². The van der Waals surface area contributed by atoms with Gasteiger partial charge in [-0.2, -0.15) is 0 Å². The van der Waals surface area contributed by atoms with Gasteiger partial charge in [-0.3, -0.25) is 0 Å². The molecule has 2 heterocycles. The molecule has 2 aliphatic rings. The van der Waals surface area contributed by atoms with E-state index in [4.69, 9.17) is 18.9 Å². The Bertz CT molecular complexity index is 759. The Morgan fingerprint density at radius 1 is 1.08 bits per heavy atom. The summed E-state index contributed by atoms with van der Waals surface area (Å²) >= 11 is 0. The van der Waals surface area contributed by atoms with Crippen LogP contribution in [-0.4, -0.2) is 20.0 Å². The zero-order chi connectivity index (χ0) is 16.5. The molecule has 0 bridgehead atoms. The first-order valence-electron chi connectivity index (χ1n) is 8.18. The summed E-state index contributed by atoms with van der Waals surface area (Å²) in [4.78, 5) is 0. The van der Waals surface area contributed by atoms with E-state index >= 15 is 0 Å². The Morgan fingerprint density at radius 3 is 2.83 bits per heavy atom. The molecule has 4 rings (SSSR count). The van der Waals surface area contributed by atoms with E-state index in [1.54, 1.807) is 7.11 Å². The molecular weight excluding hydrogens is 306 g/mol. The van der Waals surface area contributed by atoms with Gasteiger partial charge in [-0.05, 0) is 36.8 Å². The van der Waals surface area contributed by atoms with Crippen molar-refractivity contribution in [3.05, 3.63) is 47.0 Å². The highest BCUT2D eigenvalue weighted by atomic mass is 16.7. The fourth-order valence-electron chi connectivity index (χ4n) is 3.20. The zero-order valence-electron chi connectivity index (χ0n) is 13.9. The maximum atomic E-state index is 5.85. The molecule has 0 radical (unpaired) electrons. The highest BCUT2D eigenvalue weighted by molar-refractivity contribution is 5.49. The van der Waals surface area contributed by atoms with Crippen molar-refractivity contribution in [1.29, 1.82) is 0 Å². The summed E-state index contributed by atoms with van der Waals surface area (Å²) in [5, 5.41) is 3.45. The molecule has 1 atom stereocenters. The molecule has 1 N–H and O–H groups in total. The van der Waals surface area contributed by atoms with Crippen molar-refractivity contribution in [3.8, 4) is 23.0 Å². The lowest BCUT2D eigenvalue weighted by Crippen LogP contribution is -2.13. The van der Waals surface area contributed by atoms with Crippen molar-refractivity contribution in [3.63, 3.8) is 0 Å². The maximum absolute atomic E-state index is 5.85. The maximum Gasteiger partial charge on any atom is 0.231 e. The highest BCUT2D eigenvalue weighted by Gasteiger charge is 2.21. The second-order valence-electron chi connectivity index (χ2n) is 6.20. The molecule has 0 aliphatic carbocycles. The SMILES string of the molecule is COc1cc2c(cc1CNCc1ccc3c(c1)OCO3)OC(C)C2. The van der Waals surface area contributed by atoms with Crippen LogP contribution in [0.4, 0.5) is 0 Å². The molecule has 0 aromatic heterocycles. The third-order valence-corrected chi connectivity index (χ3v) is 4.38. The lowest BCUT2D eigenvalue weighted by molar-refractivity contribution is 0.174. The van der Waals surface area contributed by atoms with Crippen LogP contribution in [0.25, 0.3) is 0 Å². The molecular formula is C19H21NO4. The Hall–Kier alpha value is -2.40. The van der Waals surface area contributed by atoms with E-state index in [-0.39, 0.29) is 6.10 Å². The number of fused-ring (bicyclic) bond motifs is 2. The Labute approximate surface area is 141 Å². The van der Waals surface area contributed by atoms with Gasteiger partial charge >= 0.3 is 0 Å². The van der Waals surface area contributed by atoms with E-state index in [0.29, 0.717) is 13.3 Å². The minimum absolute atomic E-state index is 0.238. The van der Waals surface area contributed by atoms with E-state index in [0.717, 1.165) is 47.1 Å². The summed E-state index contributed by atoms with van der Waals surface area (Å²) < 4.78 is 22.1. The Morgan fingerprint density at radius 2 is 1.96 bits per heavy atom. The molecule has 0 fully saturated rings. The third-order valence-electron chi connectivity index (χ3n) is 4.38.